The second kappa shape index (κ2) is 16.3. The highest BCUT2D eigenvalue weighted by Gasteiger charge is 2.27. The summed E-state index contributed by atoms with van der Waals surface area (Å²) in [4.78, 5) is 30.1. The van der Waals surface area contributed by atoms with Gasteiger partial charge in [0.1, 0.15) is 5.75 Å². The maximum Gasteiger partial charge on any atom is 0.251 e. The molecule has 0 spiro atoms. The Hall–Kier alpha value is -3.57. The maximum atomic E-state index is 13.6. The van der Waals surface area contributed by atoms with E-state index in [9.17, 15) is 18.4 Å². The van der Waals surface area contributed by atoms with Crippen molar-refractivity contribution >= 4 is 47.3 Å². The molecule has 3 N–H and O–H groups in total. The zero-order valence-corrected chi connectivity index (χ0v) is 25.2. The number of rotatable bonds is 14. The summed E-state index contributed by atoms with van der Waals surface area (Å²) < 4.78 is 38.0. The number of ether oxygens (including phenoxy) is 1. The summed E-state index contributed by atoms with van der Waals surface area (Å²) in [7, 11) is 0. The average Bonchev–Trinajstić information content (AvgIpc) is 3.45. The van der Waals surface area contributed by atoms with Crippen molar-refractivity contribution in [1.29, 1.82) is 0 Å². The molecule has 0 aliphatic rings. The van der Waals surface area contributed by atoms with Crippen molar-refractivity contribution in [2.45, 2.75) is 38.1 Å². The maximum absolute atomic E-state index is 13.6. The van der Waals surface area contributed by atoms with Crippen LogP contribution in [0.1, 0.15) is 57.3 Å². The number of hydrogen-bond donors (Lipinski definition) is 2. The molecule has 1 atom stereocenters. The fourth-order valence-electron chi connectivity index (χ4n) is 4.08. The normalized spacial score (nSPS) is 11.5. The Morgan fingerprint density at radius 3 is 2.40 bits per heavy atom. The lowest BCUT2D eigenvalue weighted by atomic mass is 10.0. The number of hydrogen-bond acceptors (Lipinski definition) is 7. The number of nitrogens with two attached hydrogens (primary N) is 1. The minimum Gasteiger partial charge on any atom is -0.493 e. The number of aromatic nitrogens is 2. The number of benzene rings is 3. The molecule has 0 aliphatic carbocycles. The van der Waals surface area contributed by atoms with Crippen LogP contribution in [0.25, 0.3) is 0 Å². The van der Waals surface area contributed by atoms with Crippen LogP contribution in [0.5, 0.6) is 5.75 Å². The van der Waals surface area contributed by atoms with Gasteiger partial charge in [0.05, 0.1) is 29.1 Å². The molecule has 43 heavy (non-hydrogen) atoms. The van der Waals surface area contributed by atoms with Crippen molar-refractivity contribution < 1.29 is 27.6 Å². The first-order valence-electron chi connectivity index (χ1n) is 13.2. The van der Waals surface area contributed by atoms with E-state index in [-0.39, 0.29) is 42.5 Å². The first-order valence-corrected chi connectivity index (χ1v) is 14.0. The molecule has 0 radical (unpaired) electrons. The Bertz CT molecular complexity index is 1540. The summed E-state index contributed by atoms with van der Waals surface area (Å²) in [6.45, 7) is 0.858. The second-order valence-corrected chi connectivity index (χ2v) is 10.3. The van der Waals surface area contributed by atoms with E-state index in [1.807, 2.05) is 36.4 Å². The van der Waals surface area contributed by atoms with Gasteiger partial charge in [-0.2, -0.15) is 4.98 Å². The van der Waals surface area contributed by atoms with Gasteiger partial charge in [0, 0.05) is 12.0 Å². The molecule has 13 heteroatoms. The molecule has 0 saturated heterocycles. The number of Topliss-reactive ketones (excluding diaryl/α,β-unsaturated/α-hetero) is 1. The van der Waals surface area contributed by atoms with E-state index in [1.54, 1.807) is 6.07 Å². The van der Waals surface area contributed by atoms with E-state index in [0.717, 1.165) is 29.3 Å². The molecule has 228 valence electrons. The molecule has 1 amide bonds. The van der Waals surface area contributed by atoms with Crippen LogP contribution in [0, 0.1) is 11.6 Å². The van der Waals surface area contributed by atoms with E-state index < -0.39 is 29.4 Å². The molecule has 3 aromatic carbocycles. The van der Waals surface area contributed by atoms with Crippen LogP contribution < -0.4 is 15.8 Å². The summed E-state index contributed by atoms with van der Waals surface area (Å²) in [5.41, 5.74) is 7.29. The van der Waals surface area contributed by atoms with Gasteiger partial charge >= 0.3 is 0 Å². The largest absolute Gasteiger partial charge is 0.493 e. The quantitative estimate of drug-likeness (QED) is 0.119. The molecule has 0 bridgehead atoms. The lowest BCUT2D eigenvalue weighted by Gasteiger charge is -2.16. The van der Waals surface area contributed by atoms with Crippen LogP contribution in [0.15, 0.2) is 65.2 Å². The Kier molecular flexibility index (Phi) is 12.9. The van der Waals surface area contributed by atoms with Crippen LogP contribution in [0.2, 0.25) is 10.0 Å². The van der Waals surface area contributed by atoms with Gasteiger partial charge in [0.25, 0.3) is 5.91 Å². The molecule has 4 rings (SSSR count). The third kappa shape index (κ3) is 9.72. The van der Waals surface area contributed by atoms with Gasteiger partial charge in [0.15, 0.2) is 11.6 Å². The Morgan fingerprint density at radius 2 is 1.70 bits per heavy atom. The fourth-order valence-corrected chi connectivity index (χ4v) is 4.40. The van der Waals surface area contributed by atoms with E-state index in [1.165, 1.54) is 0 Å². The first kappa shape index (κ1) is 33.9. The van der Waals surface area contributed by atoms with Gasteiger partial charge in [-0.15, -0.1) is 12.4 Å². The summed E-state index contributed by atoms with van der Waals surface area (Å²) >= 11 is 12.0. The third-order valence-corrected chi connectivity index (χ3v) is 7.10. The zero-order valence-electron chi connectivity index (χ0n) is 22.8. The molecule has 0 fully saturated rings. The lowest BCUT2D eigenvalue weighted by Crippen LogP contribution is -2.41. The number of halogens is 5. The standard InChI is InChI=1S/C30H28Cl2F2N4O4.ClH/c31-22-10-6-19(15-23(22)32)12-14-41-21-8-4-18(5-9-21)16-27-37-29(38-42-27)28(39)26(3-1-2-13-35)36-30(40)20-7-11-24(33)25(34)17-20;/h4-11,15,17,26H,1-3,12-14,16,35H2,(H,36,40);1H/t26-;/m0./s1. The van der Waals surface area contributed by atoms with E-state index in [0.29, 0.717) is 48.2 Å². The SMILES string of the molecule is Cl.NCCCC[C@H](NC(=O)c1ccc(F)c(F)c1)C(=O)c1noc(Cc2ccc(OCCc3ccc(Cl)c(Cl)c3)cc2)n1. The van der Waals surface area contributed by atoms with Crippen LogP contribution in [-0.2, 0) is 12.8 Å². The molecule has 1 heterocycles. The van der Waals surface area contributed by atoms with Gasteiger partial charge in [-0.3, -0.25) is 9.59 Å². The van der Waals surface area contributed by atoms with Gasteiger partial charge in [0.2, 0.25) is 17.5 Å². The highest BCUT2D eigenvalue weighted by Crippen LogP contribution is 2.23. The lowest BCUT2D eigenvalue weighted by molar-refractivity contribution is 0.0843. The van der Waals surface area contributed by atoms with Crippen molar-refractivity contribution in [2.24, 2.45) is 5.73 Å². The Morgan fingerprint density at radius 1 is 0.953 bits per heavy atom. The molecule has 1 aromatic heterocycles. The Labute approximate surface area is 263 Å². The van der Waals surface area contributed by atoms with Gasteiger partial charge in [-0.05, 0) is 79.4 Å². The number of amides is 1. The third-order valence-electron chi connectivity index (χ3n) is 6.36. The van der Waals surface area contributed by atoms with Gasteiger partial charge < -0.3 is 20.3 Å². The number of nitrogens with zero attached hydrogens (tertiary/aromatic N) is 2. The van der Waals surface area contributed by atoms with Crippen molar-refractivity contribution in [2.75, 3.05) is 13.2 Å². The number of unbranched alkanes of at least 4 members (excludes halogenated alkanes) is 1. The molecule has 0 unspecified atom stereocenters. The van der Waals surface area contributed by atoms with Crippen LogP contribution in [-0.4, -0.2) is 41.0 Å². The summed E-state index contributed by atoms with van der Waals surface area (Å²) in [6, 6.07) is 14.5. The van der Waals surface area contributed by atoms with Crippen LogP contribution in [0.3, 0.4) is 0 Å². The van der Waals surface area contributed by atoms with Crippen LogP contribution >= 0.6 is 35.6 Å². The first-order chi connectivity index (χ1) is 20.2. The number of carbonyl (C=O) groups is 2. The zero-order chi connectivity index (χ0) is 30.1. The van der Waals surface area contributed by atoms with Crippen LogP contribution in [0.4, 0.5) is 8.78 Å². The molecule has 0 aliphatic heterocycles. The average molecular weight is 654 g/mol. The highest BCUT2D eigenvalue weighted by molar-refractivity contribution is 6.42. The van der Waals surface area contributed by atoms with Crippen molar-refractivity contribution in [3.8, 4) is 5.75 Å². The number of ketones is 1. The molecular weight excluding hydrogens is 625 g/mol. The van der Waals surface area contributed by atoms with E-state index >= 15 is 0 Å². The van der Waals surface area contributed by atoms with Crippen molar-refractivity contribution in [3.05, 3.63) is 111 Å². The summed E-state index contributed by atoms with van der Waals surface area (Å²) in [5, 5.41) is 7.37. The monoisotopic (exact) mass is 652 g/mol. The fraction of sp³-hybridized carbons (Fsp3) is 0.267. The predicted molar refractivity (Wildman–Crippen MR) is 161 cm³/mol. The predicted octanol–water partition coefficient (Wildman–Crippen LogP) is 6.40. The smallest absolute Gasteiger partial charge is 0.251 e. The second-order valence-electron chi connectivity index (χ2n) is 9.48. The molecule has 8 nitrogen and oxygen atoms in total. The van der Waals surface area contributed by atoms with Crippen molar-refractivity contribution in [3.63, 3.8) is 0 Å². The minimum atomic E-state index is -1.17. The Balaban J connectivity index is 0.00000506. The molecule has 4 aromatic rings. The van der Waals surface area contributed by atoms with Crippen molar-refractivity contribution in [1.82, 2.24) is 15.5 Å². The number of carbonyl (C=O) groups excluding carboxylic acids is 2. The molecule has 0 saturated carbocycles. The number of nitrogens with one attached hydrogen (secondary N) is 1. The van der Waals surface area contributed by atoms with E-state index in [4.69, 9.17) is 38.2 Å². The topological polar surface area (TPSA) is 120 Å². The van der Waals surface area contributed by atoms with E-state index in [2.05, 4.69) is 15.5 Å². The highest BCUT2D eigenvalue weighted by atomic mass is 35.5. The summed E-state index contributed by atoms with van der Waals surface area (Å²) in [5.74, 6) is -2.86. The summed E-state index contributed by atoms with van der Waals surface area (Å²) in [6.07, 6.45) is 2.34. The van der Waals surface area contributed by atoms with Gasteiger partial charge in [-0.25, -0.2) is 8.78 Å². The molecular formula is C30H29Cl3F2N4O4. The minimum absolute atomic E-state index is 0. The van der Waals surface area contributed by atoms with Gasteiger partial charge in [-0.1, -0.05) is 46.6 Å².